The van der Waals surface area contributed by atoms with Crippen LogP contribution in [0.15, 0.2) is 11.1 Å². The molecule has 0 spiro atoms. The molecule has 23 heavy (non-hydrogen) atoms. The SMILES string of the molecule is Cn1c(N[C@@H]2O[C@H](CO)[C@@H](O)[C@H](O)[C@H]2O)nc2nc[nH]c2c1=O. The van der Waals surface area contributed by atoms with E-state index in [1.807, 2.05) is 0 Å². The maximum absolute atomic E-state index is 12.1. The van der Waals surface area contributed by atoms with E-state index >= 15 is 0 Å². The number of hydrogen-bond acceptors (Lipinski definition) is 9. The second-order valence-electron chi connectivity index (χ2n) is 5.29. The van der Waals surface area contributed by atoms with Gasteiger partial charge in [0.05, 0.1) is 12.9 Å². The summed E-state index contributed by atoms with van der Waals surface area (Å²) in [6, 6.07) is 0. The molecule has 1 fully saturated rings. The smallest absolute Gasteiger partial charge is 0.280 e. The predicted molar refractivity (Wildman–Crippen MR) is 76.5 cm³/mol. The third kappa shape index (κ3) is 2.58. The van der Waals surface area contributed by atoms with E-state index in [2.05, 4.69) is 20.3 Å². The molecule has 0 unspecified atom stereocenters. The third-order valence-electron chi connectivity index (χ3n) is 3.83. The van der Waals surface area contributed by atoms with Crippen molar-refractivity contribution in [2.24, 2.45) is 7.05 Å². The first-order valence-electron chi connectivity index (χ1n) is 6.91. The average molecular weight is 327 g/mol. The summed E-state index contributed by atoms with van der Waals surface area (Å²) in [4.78, 5) is 22.9. The van der Waals surface area contributed by atoms with Crippen molar-refractivity contribution < 1.29 is 25.2 Å². The Kier molecular flexibility index (Phi) is 4.04. The van der Waals surface area contributed by atoms with Crippen LogP contribution in [0.1, 0.15) is 0 Å². The van der Waals surface area contributed by atoms with Crippen LogP contribution in [-0.4, -0.2) is 77.2 Å². The molecule has 1 aliphatic heterocycles. The van der Waals surface area contributed by atoms with Gasteiger partial charge < -0.3 is 35.5 Å². The lowest BCUT2D eigenvalue weighted by Crippen LogP contribution is -2.60. The Balaban J connectivity index is 1.92. The second kappa shape index (κ2) is 5.86. The molecule has 0 amide bonds. The van der Waals surface area contributed by atoms with Crippen LogP contribution in [0, 0.1) is 0 Å². The normalized spacial score (nSPS) is 31.4. The Morgan fingerprint density at radius 2 is 2.09 bits per heavy atom. The third-order valence-corrected chi connectivity index (χ3v) is 3.83. The van der Waals surface area contributed by atoms with Gasteiger partial charge in [-0.05, 0) is 0 Å². The van der Waals surface area contributed by atoms with Crippen LogP contribution >= 0.6 is 0 Å². The molecule has 0 aromatic carbocycles. The predicted octanol–water partition coefficient (Wildman–Crippen LogP) is -3.13. The van der Waals surface area contributed by atoms with Gasteiger partial charge in [-0.1, -0.05) is 0 Å². The van der Waals surface area contributed by atoms with E-state index in [-0.39, 0.29) is 22.7 Å². The number of rotatable bonds is 3. The van der Waals surface area contributed by atoms with Crippen molar-refractivity contribution in [1.82, 2.24) is 19.5 Å². The molecule has 1 aliphatic rings. The summed E-state index contributed by atoms with van der Waals surface area (Å²) in [5.74, 6) is 0.0546. The number of anilines is 1. The number of H-pyrrole nitrogens is 1. The number of aliphatic hydroxyl groups is 4. The molecule has 126 valence electrons. The number of aromatic amines is 1. The van der Waals surface area contributed by atoms with Gasteiger partial charge in [-0.3, -0.25) is 9.36 Å². The van der Waals surface area contributed by atoms with Crippen molar-refractivity contribution in [2.45, 2.75) is 30.6 Å². The van der Waals surface area contributed by atoms with Gasteiger partial charge in [-0.25, -0.2) is 4.98 Å². The molecule has 0 bridgehead atoms. The van der Waals surface area contributed by atoms with Crippen molar-refractivity contribution in [3.8, 4) is 0 Å². The van der Waals surface area contributed by atoms with E-state index in [0.29, 0.717) is 0 Å². The van der Waals surface area contributed by atoms with Crippen LogP contribution in [0.2, 0.25) is 0 Å². The molecule has 11 heteroatoms. The first kappa shape index (κ1) is 15.8. The second-order valence-corrected chi connectivity index (χ2v) is 5.29. The van der Waals surface area contributed by atoms with Gasteiger partial charge in [0.1, 0.15) is 24.4 Å². The maximum Gasteiger partial charge on any atom is 0.280 e. The number of imidazole rings is 1. The number of aliphatic hydroxyl groups excluding tert-OH is 4. The number of aromatic nitrogens is 4. The summed E-state index contributed by atoms with van der Waals surface area (Å²) in [5.41, 5.74) is 0.0200. The highest BCUT2D eigenvalue weighted by atomic mass is 16.6. The average Bonchev–Trinajstić information content (AvgIpc) is 3.01. The molecular formula is C12H17N5O6. The number of fused-ring (bicyclic) bond motifs is 1. The fourth-order valence-corrected chi connectivity index (χ4v) is 2.45. The molecule has 5 atom stereocenters. The Hall–Kier alpha value is -2.05. The molecule has 2 aromatic rings. The van der Waals surface area contributed by atoms with Gasteiger partial charge in [0.2, 0.25) is 5.95 Å². The van der Waals surface area contributed by atoms with Gasteiger partial charge in [0.15, 0.2) is 17.4 Å². The van der Waals surface area contributed by atoms with Crippen LogP contribution < -0.4 is 10.9 Å². The lowest BCUT2D eigenvalue weighted by atomic mass is 9.98. The molecule has 0 aliphatic carbocycles. The summed E-state index contributed by atoms with van der Waals surface area (Å²) in [6.45, 7) is -0.548. The Morgan fingerprint density at radius 1 is 1.35 bits per heavy atom. The first-order chi connectivity index (χ1) is 10.9. The van der Waals surface area contributed by atoms with Crippen LogP contribution in [0.5, 0.6) is 0 Å². The zero-order valence-electron chi connectivity index (χ0n) is 12.1. The highest BCUT2D eigenvalue weighted by Crippen LogP contribution is 2.22. The molecule has 11 nitrogen and oxygen atoms in total. The zero-order chi connectivity index (χ0) is 16.7. The minimum Gasteiger partial charge on any atom is -0.394 e. The van der Waals surface area contributed by atoms with Crippen molar-refractivity contribution in [2.75, 3.05) is 11.9 Å². The van der Waals surface area contributed by atoms with Crippen LogP contribution in [0.3, 0.4) is 0 Å². The number of nitrogens with one attached hydrogen (secondary N) is 2. The van der Waals surface area contributed by atoms with E-state index in [4.69, 9.17) is 4.74 Å². The Bertz CT molecular complexity index is 758. The lowest BCUT2D eigenvalue weighted by Gasteiger charge is -2.40. The quantitative estimate of drug-likeness (QED) is 0.342. The van der Waals surface area contributed by atoms with Crippen molar-refractivity contribution >= 4 is 17.1 Å². The Labute approximate surface area is 129 Å². The molecule has 2 aromatic heterocycles. The van der Waals surface area contributed by atoms with Crippen LogP contribution in [-0.2, 0) is 11.8 Å². The summed E-state index contributed by atoms with van der Waals surface area (Å²) in [6.07, 6.45) is -5.38. The fourth-order valence-electron chi connectivity index (χ4n) is 2.45. The van der Waals surface area contributed by atoms with Crippen molar-refractivity contribution in [1.29, 1.82) is 0 Å². The number of hydrogen-bond donors (Lipinski definition) is 6. The zero-order valence-corrected chi connectivity index (χ0v) is 12.1. The topological polar surface area (TPSA) is 166 Å². The molecule has 3 heterocycles. The maximum atomic E-state index is 12.1. The molecule has 1 saturated heterocycles. The minimum atomic E-state index is -1.52. The van der Waals surface area contributed by atoms with Gasteiger partial charge in [0.25, 0.3) is 5.56 Å². The highest BCUT2D eigenvalue weighted by Gasteiger charge is 2.43. The molecular weight excluding hydrogens is 310 g/mol. The Morgan fingerprint density at radius 3 is 2.78 bits per heavy atom. The monoisotopic (exact) mass is 327 g/mol. The number of nitrogens with zero attached hydrogens (tertiary/aromatic N) is 3. The van der Waals surface area contributed by atoms with E-state index in [1.165, 1.54) is 17.9 Å². The lowest BCUT2D eigenvalue weighted by molar-refractivity contribution is -0.221. The summed E-state index contributed by atoms with van der Waals surface area (Å²) >= 11 is 0. The summed E-state index contributed by atoms with van der Waals surface area (Å²) < 4.78 is 6.50. The molecule has 0 radical (unpaired) electrons. The molecule has 3 rings (SSSR count). The van der Waals surface area contributed by atoms with E-state index in [9.17, 15) is 25.2 Å². The fraction of sp³-hybridized carbons (Fsp3) is 0.583. The molecule has 0 saturated carbocycles. The van der Waals surface area contributed by atoms with Gasteiger partial charge in [-0.15, -0.1) is 0 Å². The molecule has 6 N–H and O–H groups in total. The summed E-state index contributed by atoms with van der Waals surface area (Å²) in [7, 11) is 1.46. The standard InChI is InChI=1S/C12H17N5O6/c1-17-11(22)5-9(14-3-13-5)15-12(17)16-10-8(21)7(20)6(19)4(2-18)23-10/h3-4,6-8,10,18-21H,2H2,1H3,(H,13,14)(H,15,16)/t4-,6-,7+,8-,10-/m1/s1. The largest absolute Gasteiger partial charge is 0.394 e. The highest BCUT2D eigenvalue weighted by molar-refractivity contribution is 5.70. The van der Waals surface area contributed by atoms with E-state index < -0.39 is 37.3 Å². The van der Waals surface area contributed by atoms with Crippen LogP contribution in [0.25, 0.3) is 11.2 Å². The van der Waals surface area contributed by atoms with Crippen molar-refractivity contribution in [3.05, 3.63) is 16.7 Å². The van der Waals surface area contributed by atoms with Gasteiger partial charge >= 0.3 is 0 Å². The van der Waals surface area contributed by atoms with E-state index in [1.54, 1.807) is 0 Å². The van der Waals surface area contributed by atoms with E-state index in [0.717, 1.165) is 0 Å². The number of ether oxygens (including phenoxy) is 1. The van der Waals surface area contributed by atoms with Gasteiger partial charge in [-0.2, -0.15) is 4.98 Å². The minimum absolute atomic E-state index is 0.0546. The van der Waals surface area contributed by atoms with Crippen molar-refractivity contribution in [3.63, 3.8) is 0 Å². The van der Waals surface area contributed by atoms with Gasteiger partial charge in [0, 0.05) is 7.05 Å². The van der Waals surface area contributed by atoms with Crippen LogP contribution in [0.4, 0.5) is 5.95 Å². The summed E-state index contributed by atoms with van der Waals surface area (Å²) in [5, 5.41) is 41.4. The first-order valence-corrected chi connectivity index (χ1v) is 6.91.